The summed E-state index contributed by atoms with van der Waals surface area (Å²) in [5.41, 5.74) is 3.54. The molecule has 0 bridgehead atoms. The summed E-state index contributed by atoms with van der Waals surface area (Å²) < 4.78 is 13.4. The lowest BCUT2D eigenvalue weighted by molar-refractivity contribution is 0.513. The maximum absolute atomic E-state index is 13.4. The number of nitrogens with one attached hydrogen (secondary N) is 1. The van der Waals surface area contributed by atoms with Gasteiger partial charge in [-0.1, -0.05) is 23.7 Å². The first-order valence-electron chi connectivity index (χ1n) is 5.64. The third-order valence-electron chi connectivity index (χ3n) is 2.81. The number of rotatable bonds is 5. The number of hydrogen-bond acceptors (Lipinski definition) is 3. The zero-order valence-corrected chi connectivity index (χ0v) is 11.3. The van der Waals surface area contributed by atoms with E-state index in [1.165, 1.54) is 10.9 Å². The Morgan fingerprint density at radius 2 is 2.22 bits per heavy atom. The van der Waals surface area contributed by atoms with Crippen molar-refractivity contribution in [1.29, 1.82) is 0 Å². The molecule has 0 spiro atoms. The van der Waals surface area contributed by atoms with Crippen molar-refractivity contribution in [2.45, 2.75) is 18.9 Å². The predicted octanol–water partition coefficient (Wildman–Crippen LogP) is 3.68. The molecule has 0 aliphatic carbocycles. The van der Waals surface area contributed by atoms with Gasteiger partial charge in [0.25, 0.3) is 0 Å². The normalized spacial score (nSPS) is 12.6. The fourth-order valence-corrected chi connectivity index (χ4v) is 2.66. The first-order chi connectivity index (χ1) is 8.70. The van der Waals surface area contributed by atoms with Gasteiger partial charge in [0.15, 0.2) is 0 Å². The van der Waals surface area contributed by atoms with Crippen LogP contribution in [0.1, 0.15) is 22.9 Å². The third kappa shape index (κ3) is 3.29. The van der Waals surface area contributed by atoms with E-state index in [1.54, 1.807) is 23.5 Å². The maximum Gasteiger partial charge on any atom is 0.142 e. The molecule has 2 rings (SSSR count). The average molecular weight is 285 g/mol. The van der Waals surface area contributed by atoms with Gasteiger partial charge in [-0.25, -0.2) is 4.39 Å². The molecule has 96 valence electrons. The van der Waals surface area contributed by atoms with E-state index in [0.717, 1.165) is 18.4 Å². The van der Waals surface area contributed by atoms with Crippen LogP contribution in [0.2, 0.25) is 5.02 Å². The highest BCUT2D eigenvalue weighted by Crippen LogP contribution is 2.24. The van der Waals surface area contributed by atoms with Crippen molar-refractivity contribution in [2.75, 3.05) is 0 Å². The van der Waals surface area contributed by atoms with Crippen LogP contribution in [0.15, 0.2) is 35.7 Å². The van der Waals surface area contributed by atoms with Gasteiger partial charge < -0.3 is 0 Å². The van der Waals surface area contributed by atoms with Crippen LogP contribution in [0, 0.1) is 5.82 Å². The molecule has 0 radical (unpaired) electrons. The molecule has 0 saturated carbocycles. The molecule has 0 saturated heterocycles. The quantitative estimate of drug-likeness (QED) is 0.649. The van der Waals surface area contributed by atoms with Crippen molar-refractivity contribution in [3.05, 3.63) is 57.0 Å². The largest absolute Gasteiger partial charge is 0.271 e. The topological polar surface area (TPSA) is 38.0 Å². The average Bonchev–Trinajstić information content (AvgIpc) is 2.87. The molecular weight excluding hydrogens is 271 g/mol. The Labute approximate surface area is 115 Å². The lowest BCUT2D eigenvalue weighted by Gasteiger charge is -2.16. The zero-order valence-electron chi connectivity index (χ0n) is 9.70. The van der Waals surface area contributed by atoms with E-state index < -0.39 is 5.82 Å². The van der Waals surface area contributed by atoms with Crippen LogP contribution in [0.5, 0.6) is 0 Å². The Balaban J connectivity index is 2.05. The van der Waals surface area contributed by atoms with E-state index in [0.29, 0.717) is 0 Å². The van der Waals surface area contributed by atoms with Gasteiger partial charge in [0.05, 0.1) is 5.02 Å². The van der Waals surface area contributed by atoms with Crippen molar-refractivity contribution in [3.8, 4) is 0 Å². The minimum absolute atomic E-state index is 0.0705. The Kier molecular flexibility index (Phi) is 4.72. The van der Waals surface area contributed by atoms with Gasteiger partial charge in [-0.15, -0.1) is 11.3 Å². The lowest BCUT2D eigenvalue weighted by atomic mass is 10.0. The molecule has 3 N–H and O–H groups in total. The SMILES string of the molecule is NNC(CCc1cccs1)c1ccc(Cl)c(F)c1. The maximum atomic E-state index is 13.4. The first kappa shape index (κ1) is 13.5. The van der Waals surface area contributed by atoms with Gasteiger partial charge in [-0.3, -0.25) is 11.3 Å². The molecule has 2 aromatic rings. The number of halogens is 2. The van der Waals surface area contributed by atoms with Crippen LogP contribution >= 0.6 is 22.9 Å². The molecule has 1 unspecified atom stereocenters. The summed E-state index contributed by atoms with van der Waals surface area (Å²) in [6.45, 7) is 0. The fourth-order valence-electron chi connectivity index (χ4n) is 1.82. The summed E-state index contributed by atoms with van der Waals surface area (Å²) in [5.74, 6) is 5.12. The summed E-state index contributed by atoms with van der Waals surface area (Å²) in [4.78, 5) is 1.30. The second-order valence-corrected chi connectivity index (χ2v) is 5.45. The standard InChI is InChI=1S/C13H14ClFN2S/c14-11-5-3-9(8-12(11)15)13(17-16)6-4-10-2-1-7-18-10/h1-3,5,7-8,13,17H,4,6,16H2. The zero-order chi connectivity index (χ0) is 13.0. The molecule has 1 aromatic heterocycles. The summed E-state index contributed by atoms with van der Waals surface area (Å²) >= 11 is 7.37. The van der Waals surface area contributed by atoms with Crippen molar-refractivity contribution in [1.82, 2.24) is 5.43 Å². The van der Waals surface area contributed by atoms with Crippen LogP contribution in [0.4, 0.5) is 4.39 Å². The molecular formula is C13H14ClFN2S. The van der Waals surface area contributed by atoms with Crippen LogP contribution in [0.3, 0.4) is 0 Å². The second-order valence-electron chi connectivity index (χ2n) is 4.01. The number of aryl methyl sites for hydroxylation is 1. The van der Waals surface area contributed by atoms with Crippen LogP contribution < -0.4 is 11.3 Å². The molecule has 0 aliphatic rings. The first-order valence-corrected chi connectivity index (χ1v) is 6.90. The molecule has 0 aliphatic heterocycles. The lowest BCUT2D eigenvalue weighted by Crippen LogP contribution is -2.28. The van der Waals surface area contributed by atoms with Crippen molar-refractivity contribution in [3.63, 3.8) is 0 Å². The van der Waals surface area contributed by atoms with E-state index in [-0.39, 0.29) is 11.1 Å². The number of nitrogens with two attached hydrogens (primary N) is 1. The predicted molar refractivity (Wildman–Crippen MR) is 74.1 cm³/mol. The van der Waals surface area contributed by atoms with Gasteiger partial charge >= 0.3 is 0 Å². The number of benzene rings is 1. The molecule has 1 aromatic carbocycles. The fraction of sp³-hybridized carbons (Fsp3) is 0.231. The summed E-state index contributed by atoms with van der Waals surface area (Å²) in [6.07, 6.45) is 1.73. The van der Waals surface area contributed by atoms with E-state index in [9.17, 15) is 4.39 Å². The van der Waals surface area contributed by atoms with Gasteiger partial charge in [0.2, 0.25) is 0 Å². The number of hydrogen-bond donors (Lipinski definition) is 2. The van der Waals surface area contributed by atoms with Gasteiger partial charge in [-0.2, -0.15) is 0 Å². The second kappa shape index (κ2) is 6.29. The molecule has 2 nitrogen and oxygen atoms in total. The summed E-state index contributed by atoms with van der Waals surface area (Å²) in [5, 5.41) is 2.18. The Morgan fingerprint density at radius 1 is 1.39 bits per heavy atom. The van der Waals surface area contributed by atoms with E-state index in [1.807, 2.05) is 11.4 Å². The van der Waals surface area contributed by atoms with Gasteiger partial charge in [-0.05, 0) is 42.0 Å². The summed E-state index contributed by atoms with van der Waals surface area (Å²) in [6, 6.07) is 8.82. The molecule has 1 heterocycles. The van der Waals surface area contributed by atoms with E-state index in [2.05, 4.69) is 11.5 Å². The van der Waals surface area contributed by atoms with Crippen molar-refractivity contribution < 1.29 is 4.39 Å². The minimum Gasteiger partial charge on any atom is -0.271 e. The van der Waals surface area contributed by atoms with Crippen molar-refractivity contribution >= 4 is 22.9 Å². The summed E-state index contributed by atoms with van der Waals surface area (Å²) in [7, 11) is 0. The van der Waals surface area contributed by atoms with Crippen LogP contribution in [0.25, 0.3) is 0 Å². The molecule has 18 heavy (non-hydrogen) atoms. The van der Waals surface area contributed by atoms with Crippen molar-refractivity contribution in [2.24, 2.45) is 5.84 Å². The highest BCUT2D eigenvalue weighted by molar-refractivity contribution is 7.09. The molecule has 5 heteroatoms. The highest BCUT2D eigenvalue weighted by atomic mass is 35.5. The van der Waals surface area contributed by atoms with Gasteiger partial charge in [0.1, 0.15) is 5.82 Å². The Bertz CT molecular complexity index is 502. The molecule has 0 fully saturated rings. The molecule has 1 atom stereocenters. The van der Waals surface area contributed by atoms with Gasteiger partial charge in [0, 0.05) is 10.9 Å². The van der Waals surface area contributed by atoms with E-state index >= 15 is 0 Å². The monoisotopic (exact) mass is 284 g/mol. The van der Waals surface area contributed by atoms with E-state index in [4.69, 9.17) is 17.4 Å². The minimum atomic E-state index is -0.412. The number of thiophene rings is 1. The van der Waals surface area contributed by atoms with Crippen LogP contribution in [-0.2, 0) is 6.42 Å². The third-order valence-corrected chi connectivity index (χ3v) is 4.05. The highest BCUT2D eigenvalue weighted by Gasteiger charge is 2.12. The molecule has 0 amide bonds. The smallest absolute Gasteiger partial charge is 0.142 e. The number of hydrazine groups is 1. The Morgan fingerprint density at radius 3 is 2.83 bits per heavy atom. The Hall–Kier alpha value is -0.940. The van der Waals surface area contributed by atoms with Crippen LogP contribution in [-0.4, -0.2) is 0 Å².